The lowest BCUT2D eigenvalue weighted by Gasteiger charge is -2.26. The van der Waals surface area contributed by atoms with Gasteiger partial charge in [0.15, 0.2) is 0 Å². The monoisotopic (exact) mass is 333 g/mol. The van der Waals surface area contributed by atoms with Gasteiger partial charge in [-0.25, -0.2) is 0 Å². The first kappa shape index (κ1) is 14.5. The average Bonchev–Trinajstić information content (AvgIpc) is 2.30. The molecule has 1 aliphatic rings. The second-order valence-corrected chi connectivity index (χ2v) is 3.76. The van der Waals surface area contributed by atoms with Crippen molar-refractivity contribution in [3.8, 4) is 0 Å². The first-order valence-corrected chi connectivity index (χ1v) is 7.89. The van der Waals surface area contributed by atoms with Crippen molar-refractivity contribution in [2.45, 2.75) is 13.8 Å². The van der Waals surface area contributed by atoms with Crippen LogP contribution in [0.4, 0.5) is 0 Å². The van der Waals surface area contributed by atoms with Gasteiger partial charge in [0.1, 0.15) is 6.61 Å². The minimum atomic E-state index is 0.0440. The summed E-state index contributed by atoms with van der Waals surface area (Å²) in [5.41, 5.74) is 0. The summed E-state index contributed by atoms with van der Waals surface area (Å²) < 4.78 is 10.0. The molecule has 1 rings (SSSR count). The molecule has 0 aromatic carbocycles. The van der Waals surface area contributed by atoms with Crippen molar-refractivity contribution in [1.29, 1.82) is 0 Å². The Kier molecular flexibility index (Phi) is 10.3. The second-order valence-electron chi connectivity index (χ2n) is 2.32. The van der Waals surface area contributed by atoms with Crippen LogP contribution in [0.2, 0.25) is 0 Å². The molecule has 0 unspecified atom stereocenters. The lowest BCUT2D eigenvalue weighted by Crippen LogP contribution is -2.42. The molecule has 0 atom stereocenters. The van der Waals surface area contributed by atoms with Gasteiger partial charge in [0.2, 0.25) is 5.91 Å². The van der Waals surface area contributed by atoms with E-state index in [0.717, 1.165) is 0 Å². The Bertz CT molecular complexity index is 154. The molecular weight excluding hydrogens is 317 g/mol. The maximum atomic E-state index is 11.3. The molecule has 1 fully saturated rings. The van der Waals surface area contributed by atoms with Gasteiger partial charge in [-0.2, -0.15) is 0 Å². The number of hydrogen-bond acceptors (Lipinski definition) is 4. The number of amides is 1. The van der Waals surface area contributed by atoms with Crippen LogP contribution in [0.3, 0.4) is 0 Å². The fourth-order valence-corrected chi connectivity index (χ4v) is 1.50. The molecule has 14 heavy (non-hydrogen) atoms. The van der Waals surface area contributed by atoms with Crippen molar-refractivity contribution in [2.24, 2.45) is 0 Å². The third-order valence-corrected chi connectivity index (χ3v) is 2.56. The summed E-state index contributed by atoms with van der Waals surface area (Å²) in [5, 5.41) is 0. The largest absolute Gasteiger partial charge is 0.378 e. The van der Waals surface area contributed by atoms with E-state index in [1.165, 1.54) is 9.21 Å². The molecule has 4 nitrogen and oxygen atoms in total. The molecule has 0 aromatic heterocycles. The van der Waals surface area contributed by atoms with Crippen LogP contribution in [0, 0.1) is 0 Å². The van der Waals surface area contributed by atoms with E-state index >= 15 is 0 Å². The van der Waals surface area contributed by atoms with Crippen LogP contribution in [0.15, 0.2) is 0 Å². The lowest BCUT2D eigenvalue weighted by atomic mass is 10.4. The van der Waals surface area contributed by atoms with Gasteiger partial charge >= 0.3 is 0 Å². The first-order chi connectivity index (χ1) is 6.84. The molecular formula is C8H16INO3S. The smallest absolute Gasteiger partial charge is 0.250 e. The van der Waals surface area contributed by atoms with Crippen LogP contribution >= 0.6 is 30.4 Å². The van der Waals surface area contributed by atoms with E-state index in [0.29, 0.717) is 26.3 Å². The maximum Gasteiger partial charge on any atom is 0.250 e. The Balaban J connectivity index is 0.000000791. The third kappa shape index (κ3) is 6.05. The van der Waals surface area contributed by atoms with Crippen LogP contribution in [0.1, 0.15) is 13.8 Å². The second kappa shape index (κ2) is 10.0. The van der Waals surface area contributed by atoms with Crippen molar-refractivity contribution in [2.75, 3.05) is 32.9 Å². The highest BCUT2D eigenvalue weighted by atomic mass is 127. The molecule has 0 bridgehead atoms. The Morgan fingerprint density at radius 3 is 2.57 bits per heavy atom. The fourth-order valence-electron chi connectivity index (χ4n) is 0.977. The Morgan fingerprint density at radius 1 is 1.50 bits per heavy atom. The molecule has 1 aliphatic heterocycles. The van der Waals surface area contributed by atoms with Gasteiger partial charge in [0.05, 0.1) is 22.4 Å². The summed E-state index contributed by atoms with van der Waals surface area (Å²) in [6, 6.07) is 0. The SMILES string of the molecule is CC.O=C(COSI)N1CCOCC1. The van der Waals surface area contributed by atoms with E-state index in [9.17, 15) is 4.79 Å². The number of hydrogen-bond donors (Lipinski definition) is 0. The zero-order valence-electron chi connectivity index (χ0n) is 8.49. The van der Waals surface area contributed by atoms with Gasteiger partial charge in [-0.1, -0.05) is 13.8 Å². The summed E-state index contributed by atoms with van der Waals surface area (Å²) in [4.78, 5) is 13.0. The molecule has 84 valence electrons. The molecule has 1 saturated heterocycles. The minimum absolute atomic E-state index is 0.0440. The lowest BCUT2D eigenvalue weighted by molar-refractivity contribution is -0.137. The topological polar surface area (TPSA) is 38.8 Å². The van der Waals surface area contributed by atoms with Gasteiger partial charge in [-0.3, -0.25) is 8.98 Å². The van der Waals surface area contributed by atoms with Crippen LogP contribution in [-0.2, 0) is 13.7 Å². The summed E-state index contributed by atoms with van der Waals surface area (Å²) in [7, 11) is 1.19. The predicted molar refractivity (Wildman–Crippen MR) is 66.3 cm³/mol. The van der Waals surface area contributed by atoms with Crippen molar-refractivity contribution in [3.05, 3.63) is 0 Å². The molecule has 0 spiro atoms. The number of carbonyl (C=O) groups excluding carboxylic acids is 1. The summed E-state index contributed by atoms with van der Waals surface area (Å²) >= 11 is 1.99. The Hall–Kier alpha value is 0.470. The first-order valence-electron chi connectivity index (χ1n) is 4.60. The van der Waals surface area contributed by atoms with Crippen molar-refractivity contribution in [1.82, 2.24) is 4.90 Å². The van der Waals surface area contributed by atoms with Crippen LogP contribution in [0.25, 0.3) is 0 Å². The van der Waals surface area contributed by atoms with E-state index in [-0.39, 0.29) is 12.5 Å². The molecule has 1 heterocycles. The third-order valence-electron chi connectivity index (χ3n) is 1.59. The highest BCUT2D eigenvalue weighted by molar-refractivity contribution is 14.2. The number of nitrogens with zero attached hydrogens (tertiary/aromatic N) is 1. The quantitative estimate of drug-likeness (QED) is 0.584. The average molecular weight is 333 g/mol. The van der Waals surface area contributed by atoms with Gasteiger partial charge < -0.3 is 9.64 Å². The van der Waals surface area contributed by atoms with E-state index in [4.69, 9.17) is 8.92 Å². The van der Waals surface area contributed by atoms with E-state index in [1.807, 2.05) is 35.1 Å². The highest BCUT2D eigenvalue weighted by Crippen LogP contribution is 2.12. The fraction of sp³-hybridized carbons (Fsp3) is 0.875. The van der Waals surface area contributed by atoms with Crippen LogP contribution in [0.5, 0.6) is 0 Å². The van der Waals surface area contributed by atoms with E-state index < -0.39 is 0 Å². The number of carbonyl (C=O) groups is 1. The Morgan fingerprint density at radius 2 is 2.07 bits per heavy atom. The predicted octanol–water partition coefficient (Wildman–Crippen LogP) is 1.89. The normalized spacial score (nSPS) is 15.8. The molecule has 1 amide bonds. The van der Waals surface area contributed by atoms with Gasteiger partial charge in [0.25, 0.3) is 0 Å². The molecule has 0 saturated carbocycles. The number of rotatable bonds is 3. The maximum absolute atomic E-state index is 11.3. The van der Waals surface area contributed by atoms with Crippen molar-refractivity contribution >= 4 is 36.3 Å². The van der Waals surface area contributed by atoms with E-state index in [2.05, 4.69) is 0 Å². The molecule has 6 heteroatoms. The van der Waals surface area contributed by atoms with Gasteiger partial charge in [-0.15, -0.1) is 0 Å². The summed E-state index contributed by atoms with van der Waals surface area (Å²) in [6.45, 7) is 6.82. The minimum Gasteiger partial charge on any atom is -0.378 e. The van der Waals surface area contributed by atoms with Gasteiger partial charge in [0, 0.05) is 34.3 Å². The molecule has 0 radical (unpaired) electrons. The molecule has 0 aliphatic carbocycles. The number of morpholine rings is 1. The summed E-state index contributed by atoms with van der Waals surface area (Å²) in [5.74, 6) is 0.0440. The summed E-state index contributed by atoms with van der Waals surface area (Å²) in [6.07, 6.45) is 0. The zero-order chi connectivity index (χ0) is 10.8. The van der Waals surface area contributed by atoms with E-state index in [1.54, 1.807) is 4.90 Å². The number of ether oxygens (including phenoxy) is 1. The standard InChI is InChI=1S/C6H10INO3S.C2H6/c7-12-11-5-6(9)8-1-3-10-4-2-8;1-2/h1-5H2;1-2H3. The molecule has 0 aromatic rings. The van der Waals surface area contributed by atoms with Crippen molar-refractivity contribution < 1.29 is 13.7 Å². The number of halogens is 1. The highest BCUT2D eigenvalue weighted by Gasteiger charge is 2.16. The Labute approximate surface area is 101 Å². The van der Waals surface area contributed by atoms with Gasteiger partial charge in [-0.05, 0) is 0 Å². The zero-order valence-corrected chi connectivity index (χ0v) is 11.5. The van der Waals surface area contributed by atoms with Crippen LogP contribution < -0.4 is 0 Å². The van der Waals surface area contributed by atoms with Crippen LogP contribution in [-0.4, -0.2) is 43.7 Å². The van der Waals surface area contributed by atoms with Crippen molar-refractivity contribution in [3.63, 3.8) is 0 Å². The molecule has 0 N–H and O–H groups in total.